The van der Waals surface area contributed by atoms with Crippen LogP contribution < -0.4 is 0 Å². The van der Waals surface area contributed by atoms with E-state index in [1.54, 1.807) is 0 Å². The molecule has 1 aromatic heterocycles. The van der Waals surface area contributed by atoms with Crippen LogP contribution in [0.2, 0.25) is 0 Å². The van der Waals surface area contributed by atoms with Crippen molar-refractivity contribution in [1.82, 2.24) is 30.0 Å². The molecule has 2 heterocycles. The molecule has 23 heavy (non-hydrogen) atoms. The van der Waals surface area contributed by atoms with Crippen LogP contribution >= 0.6 is 0 Å². The van der Waals surface area contributed by atoms with Gasteiger partial charge in [-0.1, -0.05) is 18.2 Å². The molecule has 1 aliphatic heterocycles. The second kappa shape index (κ2) is 8.14. The number of β-amino-alcohol motifs (C(OH)–C–C–N with tert-alkyl or cyclic N) is 1. The highest BCUT2D eigenvalue weighted by atomic mass is 16.3. The average molecular weight is 316 g/mol. The van der Waals surface area contributed by atoms with Gasteiger partial charge in [0.15, 0.2) is 5.82 Å². The maximum Gasteiger partial charge on any atom is 0.156 e. The van der Waals surface area contributed by atoms with Gasteiger partial charge in [-0.15, -0.1) is 5.10 Å². The molecule has 1 fully saturated rings. The number of hydrogen-bond acceptors (Lipinski definition) is 6. The first-order valence-electron chi connectivity index (χ1n) is 8.25. The molecule has 1 aromatic carbocycles. The summed E-state index contributed by atoms with van der Waals surface area (Å²) in [7, 11) is 0. The molecule has 0 amide bonds. The molecule has 0 unspecified atom stereocenters. The van der Waals surface area contributed by atoms with Crippen molar-refractivity contribution in [2.45, 2.75) is 12.8 Å². The number of aromatic nitrogens is 4. The normalized spacial score (nSPS) is 16.7. The van der Waals surface area contributed by atoms with Gasteiger partial charge in [-0.25, -0.2) is 0 Å². The van der Waals surface area contributed by atoms with Crippen LogP contribution in [-0.4, -0.2) is 81.0 Å². The van der Waals surface area contributed by atoms with Gasteiger partial charge in [-0.05, 0) is 35.5 Å². The maximum atomic E-state index is 8.98. The highest BCUT2D eigenvalue weighted by Gasteiger charge is 2.16. The second-order valence-corrected chi connectivity index (χ2v) is 5.85. The standard InChI is InChI=1S/C16H24N6O/c23-14-13-21-11-9-20(10-12-21)8-4-7-16-17-18-19-22(16)15-5-2-1-3-6-15/h1-3,5-6,23H,4,7-14H2. The molecular weight excluding hydrogens is 292 g/mol. The Kier molecular flexibility index (Phi) is 5.68. The van der Waals surface area contributed by atoms with Crippen LogP contribution in [0.4, 0.5) is 0 Å². The monoisotopic (exact) mass is 316 g/mol. The summed E-state index contributed by atoms with van der Waals surface area (Å²) >= 11 is 0. The minimum absolute atomic E-state index is 0.252. The summed E-state index contributed by atoms with van der Waals surface area (Å²) in [6, 6.07) is 10.0. The molecule has 124 valence electrons. The summed E-state index contributed by atoms with van der Waals surface area (Å²) < 4.78 is 1.82. The molecular formula is C16H24N6O. The zero-order chi connectivity index (χ0) is 15.9. The number of hydrogen-bond donors (Lipinski definition) is 1. The van der Waals surface area contributed by atoms with Crippen molar-refractivity contribution < 1.29 is 5.11 Å². The molecule has 0 saturated carbocycles. The molecule has 0 atom stereocenters. The Labute approximate surface area is 136 Å². The van der Waals surface area contributed by atoms with Gasteiger partial charge in [-0.3, -0.25) is 4.90 Å². The molecule has 0 bridgehead atoms. The van der Waals surface area contributed by atoms with E-state index in [-0.39, 0.29) is 6.61 Å². The lowest BCUT2D eigenvalue weighted by molar-refractivity contribution is 0.112. The topological polar surface area (TPSA) is 70.3 Å². The van der Waals surface area contributed by atoms with E-state index in [0.717, 1.165) is 63.6 Å². The fourth-order valence-corrected chi connectivity index (χ4v) is 2.97. The van der Waals surface area contributed by atoms with Crippen LogP contribution in [-0.2, 0) is 6.42 Å². The Balaban J connectivity index is 1.46. The van der Waals surface area contributed by atoms with Gasteiger partial charge in [0.1, 0.15) is 0 Å². The van der Waals surface area contributed by atoms with Crippen LogP contribution in [0, 0.1) is 0 Å². The molecule has 1 N–H and O–H groups in total. The van der Waals surface area contributed by atoms with Crippen LogP contribution in [0.25, 0.3) is 5.69 Å². The fraction of sp³-hybridized carbons (Fsp3) is 0.562. The summed E-state index contributed by atoms with van der Waals surface area (Å²) in [4.78, 5) is 4.79. The van der Waals surface area contributed by atoms with E-state index >= 15 is 0 Å². The van der Waals surface area contributed by atoms with Crippen LogP contribution in [0.5, 0.6) is 0 Å². The van der Waals surface area contributed by atoms with E-state index in [2.05, 4.69) is 25.3 Å². The zero-order valence-corrected chi connectivity index (χ0v) is 13.4. The molecule has 0 spiro atoms. The second-order valence-electron chi connectivity index (χ2n) is 5.85. The molecule has 1 aliphatic rings. The predicted octanol–water partition coefficient (Wildman–Crippen LogP) is 0.205. The van der Waals surface area contributed by atoms with Crippen LogP contribution in [0.3, 0.4) is 0 Å². The van der Waals surface area contributed by atoms with E-state index in [0.29, 0.717) is 0 Å². The summed E-state index contributed by atoms with van der Waals surface area (Å²) in [5, 5.41) is 21.0. The van der Waals surface area contributed by atoms with Gasteiger partial charge in [0.05, 0.1) is 12.3 Å². The Hall–Kier alpha value is -1.83. The number of benzene rings is 1. The summed E-state index contributed by atoms with van der Waals surface area (Å²) in [6.45, 7) is 6.34. The molecule has 0 aliphatic carbocycles. The molecule has 7 heteroatoms. The lowest BCUT2D eigenvalue weighted by Crippen LogP contribution is -2.47. The summed E-state index contributed by atoms with van der Waals surface area (Å²) in [5.41, 5.74) is 1.00. The van der Waals surface area contributed by atoms with Gasteiger partial charge in [0.2, 0.25) is 0 Å². The van der Waals surface area contributed by atoms with Crippen molar-refractivity contribution in [3.63, 3.8) is 0 Å². The van der Waals surface area contributed by atoms with E-state index in [1.165, 1.54) is 0 Å². The number of aliphatic hydroxyl groups excluding tert-OH is 1. The van der Waals surface area contributed by atoms with E-state index in [1.807, 2.05) is 35.0 Å². The Morgan fingerprint density at radius 2 is 1.65 bits per heavy atom. The lowest BCUT2D eigenvalue weighted by atomic mass is 10.2. The zero-order valence-electron chi connectivity index (χ0n) is 13.4. The van der Waals surface area contributed by atoms with Crippen molar-refractivity contribution in [3.8, 4) is 5.69 Å². The van der Waals surface area contributed by atoms with E-state index in [4.69, 9.17) is 5.11 Å². The number of aryl methyl sites for hydroxylation is 1. The smallest absolute Gasteiger partial charge is 0.156 e. The number of nitrogens with zero attached hydrogens (tertiary/aromatic N) is 6. The van der Waals surface area contributed by atoms with Crippen molar-refractivity contribution in [2.24, 2.45) is 0 Å². The third kappa shape index (κ3) is 4.34. The first kappa shape index (κ1) is 16.0. The number of para-hydroxylation sites is 1. The molecule has 3 rings (SSSR count). The third-order valence-corrected chi connectivity index (χ3v) is 4.29. The molecule has 0 radical (unpaired) electrons. The molecule has 1 saturated heterocycles. The minimum Gasteiger partial charge on any atom is -0.395 e. The van der Waals surface area contributed by atoms with Gasteiger partial charge in [0.25, 0.3) is 0 Å². The van der Waals surface area contributed by atoms with Crippen molar-refractivity contribution >= 4 is 0 Å². The largest absolute Gasteiger partial charge is 0.395 e. The summed E-state index contributed by atoms with van der Waals surface area (Å²) in [6.07, 6.45) is 1.92. The molecule has 7 nitrogen and oxygen atoms in total. The SMILES string of the molecule is OCCN1CCN(CCCc2nnnn2-c2ccccc2)CC1. The number of piperazine rings is 1. The summed E-state index contributed by atoms with van der Waals surface area (Å²) in [5.74, 6) is 0.912. The number of aliphatic hydroxyl groups is 1. The highest BCUT2D eigenvalue weighted by molar-refractivity contribution is 5.30. The van der Waals surface area contributed by atoms with Crippen LogP contribution in [0.1, 0.15) is 12.2 Å². The molecule has 2 aromatic rings. The fourth-order valence-electron chi connectivity index (χ4n) is 2.97. The van der Waals surface area contributed by atoms with Gasteiger partial charge in [0, 0.05) is 39.1 Å². The van der Waals surface area contributed by atoms with Crippen molar-refractivity contribution in [3.05, 3.63) is 36.2 Å². The third-order valence-electron chi connectivity index (χ3n) is 4.29. The Bertz CT molecular complexity index is 579. The predicted molar refractivity (Wildman–Crippen MR) is 87.4 cm³/mol. The average Bonchev–Trinajstić information content (AvgIpc) is 3.06. The number of tetrazole rings is 1. The van der Waals surface area contributed by atoms with Crippen molar-refractivity contribution in [2.75, 3.05) is 45.9 Å². The van der Waals surface area contributed by atoms with Gasteiger partial charge < -0.3 is 10.0 Å². The first-order valence-corrected chi connectivity index (χ1v) is 8.25. The number of rotatable bonds is 7. The quantitative estimate of drug-likeness (QED) is 0.787. The van der Waals surface area contributed by atoms with E-state index in [9.17, 15) is 0 Å². The minimum atomic E-state index is 0.252. The Morgan fingerprint density at radius 1 is 0.957 bits per heavy atom. The first-order chi connectivity index (χ1) is 11.4. The Morgan fingerprint density at radius 3 is 2.35 bits per heavy atom. The lowest BCUT2D eigenvalue weighted by Gasteiger charge is -2.34. The van der Waals surface area contributed by atoms with Crippen molar-refractivity contribution in [1.29, 1.82) is 0 Å². The van der Waals surface area contributed by atoms with Crippen LogP contribution in [0.15, 0.2) is 30.3 Å². The maximum absolute atomic E-state index is 8.98. The highest BCUT2D eigenvalue weighted by Crippen LogP contribution is 2.09. The van der Waals surface area contributed by atoms with Gasteiger partial charge >= 0.3 is 0 Å². The van der Waals surface area contributed by atoms with Gasteiger partial charge in [-0.2, -0.15) is 4.68 Å². The van der Waals surface area contributed by atoms with E-state index < -0.39 is 0 Å².